The second-order valence-electron chi connectivity index (χ2n) is 10.9. The first-order valence-corrected chi connectivity index (χ1v) is 13.7. The van der Waals surface area contributed by atoms with E-state index in [9.17, 15) is 14.7 Å². The van der Waals surface area contributed by atoms with Gasteiger partial charge in [-0.1, -0.05) is 27.0 Å². The van der Waals surface area contributed by atoms with Gasteiger partial charge in [0.1, 0.15) is 6.29 Å². The van der Waals surface area contributed by atoms with Gasteiger partial charge in [0.2, 0.25) is 0 Å². The molecule has 36 heavy (non-hydrogen) atoms. The summed E-state index contributed by atoms with van der Waals surface area (Å²) in [6, 6.07) is 0. The molecule has 2 aliphatic rings. The molecule has 0 aliphatic heterocycles. The molecule has 0 radical (unpaired) electrons. The van der Waals surface area contributed by atoms with E-state index in [4.69, 9.17) is 19.7 Å². The molecule has 2 saturated carbocycles. The Hall–Kier alpha value is -1.54. The zero-order valence-corrected chi connectivity index (χ0v) is 22.5. The summed E-state index contributed by atoms with van der Waals surface area (Å²) < 4.78 is 11.3. The monoisotopic (exact) mass is 510 g/mol. The Labute approximate surface area is 218 Å². The van der Waals surface area contributed by atoms with Gasteiger partial charge >= 0.3 is 5.97 Å². The topological polar surface area (TPSA) is 113 Å². The number of aliphatic hydroxyl groups excluding tert-OH is 3. The smallest absolute Gasteiger partial charge is 0.335 e. The van der Waals surface area contributed by atoms with Crippen molar-refractivity contribution in [3.63, 3.8) is 0 Å². The van der Waals surface area contributed by atoms with E-state index in [1.165, 1.54) is 51.4 Å². The number of ether oxygens (including phenoxy) is 2. The van der Waals surface area contributed by atoms with Gasteiger partial charge in [0.15, 0.2) is 0 Å². The molecule has 208 valence electrons. The van der Waals surface area contributed by atoms with Gasteiger partial charge in [-0.3, -0.25) is 4.79 Å². The lowest BCUT2D eigenvalue weighted by Crippen LogP contribution is -2.32. The van der Waals surface area contributed by atoms with E-state index in [0.29, 0.717) is 18.3 Å². The zero-order chi connectivity index (χ0) is 26.9. The molecule has 7 heteroatoms. The van der Waals surface area contributed by atoms with Gasteiger partial charge in [-0.2, -0.15) is 0 Å². The number of rotatable bonds is 14. The molecule has 0 spiro atoms. The molecule has 3 N–H and O–H groups in total. The zero-order valence-electron chi connectivity index (χ0n) is 22.5. The van der Waals surface area contributed by atoms with E-state index in [-0.39, 0.29) is 43.5 Å². The average molecular weight is 511 g/mol. The Balaban J connectivity index is 0.000000960. The standard InChI is InChI=1S/C25H44O5.C4H6O2/c1-18(2)5-4-14-29-24-12-10-21(11-13-24)20-6-8-22(9-7-20)23(16-27)17-30-25(28)19(3)15-26;1-4(2-5)3-6/h18,20-24,26-27H,3-17H2,1-2H3;2,6H,1,3H2. The maximum Gasteiger partial charge on any atom is 0.335 e. The van der Waals surface area contributed by atoms with Crippen LogP contribution in [-0.2, 0) is 19.1 Å². The van der Waals surface area contributed by atoms with E-state index >= 15 is 0 Å². The van der Waals surface area contributed by atoms with Crippen LogP contribution in [0.3, 0.4) is 0 Å². The predicted molar refractivity (Wildman–Crippen MR) is 141 cm³/mol. The number of aldehydes is 1. The SMILES string of the molecule is C=C(C=O)CO.C=C(CO)C(=O)OCC(CO)C1CCC(C2CCC(OCCCC(C)C)CC2)CC1. The van der Waals surface area contributed by atoms with E-state index in [0.717, 1.165) is 37.2 Å². The number of carbonyl (C=O) groups is 2. The molecule has 0 amide bonds. The molecule has 0 aromatic rings. The summed E-state index contributed by atoms with van der Waals surface area (Å²) in [7, 11) is 0. The van der Waals surface area contributed by atoms with E-state index in [1.54, 1.807) is 0 Å². The lowest BCUT2D eigenvalue weighted by Gasteiger charge is -2.39. The highest BCUT2D eigenvalue weighted by atomic mass is 16.5. The van der Waals surface area contributed by atoms with Crippen molar-refractivity contribution in [3.05, 3.63) is 24.3 Å². The van der Waals surface area contributed by atoms with Crippen LogP contribution in [0, 0.1) is 29.6 Å². The molecule has 0 aromatic heterocycles. The largest absolute Gasteiger partial charge is 0.462 e. The van der Waals surface area contributed by atoms with Gasteiger partial charge in [-0.05, 0) is 87.9 Å². The van der Waals surface area contributed by atoms with Crippen molar-refractivity contribution < 1.29 is 34.4 Å². The molecule has 0 bridgehead atoms. The highest BCUT2D eigenvalue weighted by Gasteiger charge is 2.33. The van der Waals surface area contributed by atoms with Crippen molar-refractivity contribution in [1.82, 2.24) is 0 Å². The predicted octanol–water partition coefficient (Wildman–Crippen LogP) is 4.24. The molecule has 0 saturated heterocycles. The number of aliphatic hydroxyl groups is 3. The van der Waals surface area contributed by atoms with Crippen LogP contribution < -0.4 is 0 Å². The summed E-state index contributed by atoms with van der Waals surface area (Å²) in [5.74, 6) is 2.20. The molecule has 0 heterocycles. The molecule has 2 fully saturated rings. The summed E-state index contributed by atoms with van der Waals surface area (Å²) in [5.41, 5.74) is 0.282. The van der Waals surface area contributed by atoms with Crippen molar-refractivity contribution in [2.75, 3.05) is 33.0 Å². The first-order chi connectivity index (χ1) is 17.2. The minimum absolute atomic E-state index is 0.0173. The highest BCUT2D eigenvalue weighted by molar-refractivity contribution is 5.87. The lowest BCUT2D eigenvalue weighted by atomic mass is 9.68. The number of hydrogen-bond donors (Lipinski definition) is 3. The number of hydrogen-bond acceptors (Lipinski definition) is 7. The third-order valence-electron chi connectivity index (χ3n) is 7.66. The van der Waals surface area contributed by atoms with Crippen LogP contribution in [0.2, 0.25) is 0 Å². The summed E-state index contributed by atoms with van der Waals surface area (Å²) >= 11 is 0. The molecule has 0 aromatic carbocycles. The Kier molecular flexibility index (Phi) is 16.8. The summed E-state index contributed by atoms with van der Waals surface area (Å²) in [4.78, 5) is 21.2. The first-order valence-electron chi connectivity index (χ1n) is 13.7. The number of esters is 1. The lowest BCUT2D eigenvalue weighted by molar-refractivity contribution is -0.142. The van der Waals surface area contributed by atoms with Crippen molar-refractivity contribution in [2.24, 2.45) is 29.6 Å². The Morgan fingerprint density at radius 3 is 1.97 bits per heavy atom. The fraction of sp³-hybridized carbons (Fsp3) is 0.793. The minimum Gasteiger partial charge on any atom is -0.462 e. The van der Waals surface area contributed by atoms with Crippen LogP contribution >= 0.6 is 0 Å². The third kappa shape index (κ3) is 12.6. The van der Waals surface area contributed by atoms with E-state index < -0.39 is 5.97 Å². The molecule has 2 rings (SSSR count). The third-order valence-corrected chi connectivity index (χ3v) is 7.66. The molecule has 7 nitrogen and oxygen atoms in total. The minimum atomic E-state index is -0.562. The van der Waals surface area contributed by atoms with Crippen LogP contribution in [0.25, 0.3) is 0 Å². The number of carbonyl (C=O) groups excluding carboxylic acids is 2. The Bertz CT molecular complexity index is 644. The summed E-state index contributed by atoms with van der Waals surface area (Å²) in [6.45, 7) is 11.7. The van der Waals surface area contributed by atoms with Crippen molar-refractivity contribution in [2.45, 2.75) is 84.2 Å². The van der Waals surface area contributed by atoms with Crippen molar-refractivity contribution >= 4 is 12.3 Å². The summed E-state index contributed by atoms with van der Waals surface area (Å²) in [5, 5.41) is 26.7. The Morgan fingerprint density at radius 1 is 0.944 bits per heavy atom. The first kappa shape index (κ1) is 32.5. The fourth-order valence-corrected chi connectivity index (χ4v) is 5.28. The van der Waals surface area contributed by atoms with Gasteiger partial charge < -0.3 is 24.8 Å². The van der Waals surface area contributed by atoms with Crippen molar-refractivity contribution in [1.29, 1.82) is 0 Å². The second-order valence-corrected chi connectivity index (χ2v) is 10.9. The van der Waals surface area contributed by atoms with Gasteiger partial charge in [0, 0.05) is 24.7 Å². The van der Waals surface area contributed by atoms with Crippen LogP contribution in [-0.4, -0.2) is 66.7 Å². The van der Waals surface area contributed by atoms with Gasteiger partial charge in [0.25, 0.3) is 0 Å². The molecular formula is C29H50O7. The van der Waals surface area contributed by atoms with Gasteiger partial charge in [0.05, 0.1) is 31.5 Å². The second kappa shape index (κ2) is 18.7. The van der Waals surface area contributed by atoms with Crippen LogP contribution in [0.4, 0.5) is 0 Å². The van der Waals surface area contributed by atoms with Crippen LogP contribution in [0.5, 0.6) is 0 Å². The van der Waals surface area contributed by atoms with Gasteiger partial charge in [-0.25, -0.2) is 4.79 Å². The normalized spacial score (nSPS) is 24.8. The van der Waals surface area contributed by atoms with Crippen LogP contribution in [0.1, 0.15) is 78.1 Å². The molecule has 2 aliphatic carbocycles. The van der Waals surface area contributed by atoms with E-state index in [2.05, 4.69) is 27.0 Å². The molecule has 1 atom stereocenters. The summed E-state index contributed by atoms with van der Waals surface area (Å²) in [6.07, 6.45) is 13.0. The average Bonchev–Trinajstić information content (AvgIpc) is 2.91. The van der Waals surface area contributed by atoms with Crippen molar-refractivity contribution in [3.8, 4) is 0 Å². The maximum absolute atomic E-state index is 11.7. The fourth-order valence-electron chi connectivity index (χ4n) is 5.28. The van der Waals surface area contributed by atoms with E-state index in [1.807, 2.05) is 0 Å². The van der Waals surface area contributed by atoms with Crippen LogP contribution in [0.15, 0.2) is 24.3 Å². The quantitative estimate of drug-likeness (QED) is 0.139. The van der Waals surface area contributed by atoms with Gasteiger partial charge in [-0.15, -0.1) is 0 Å². The molecular weight excluding hydrogens is 460 g/mol. The maximum atomic E-state index is 11.7. The molecule has 1 unspecified atom stereocenters. The Morgan fingerprint density at radius 2 is 1.53 bits per heavy atom. The highest BCUT2D eigenvalue weighted by Crippen LogP contribution is 2.42.